The number of rotatable bonds is 5. The van der Waals surface area contributed by atoms with Gasteiger partial charge in [0.05, 0.1) is 18.1 Å². The van der Waals surface area contributed by atoms with Crippen LogP contribution in [-0.2, 0) is 14.3 Å². The summed E-state index contributed by atoms with van der Waals surface area (Å²) in [5, 5.41) is 2.66. The molecule has 0 aliphatic carbocycles. The maximum atomic E-state index is 12.3. The van der Waals surface area contributed by atoms with E-state index in [2.05, 4.69) is 10.3 Å². The van der Waals surface area contributed by atoms with Crippen LogP contribution in [0.4, 0.5) is 5.82 Å². The summed E-state index contributed by atoms with van der Waals surface area (Å²) in [7, 11) is 0. The number of ether oxygens (including phenoxy) is 1. The number of nitrogens with one attached hydrogen (secondary N) is 1. The SMILES string of the molecule is CCOC(=O)c1ccnc(NC(=O)C2CC(=O)N(C(C)C)C2)c1. The van der Waals surface area contributed by atoms with Crippen LogP contribution in [-0.4, -0.2) is 46.9 Å². The predicted molar refractivity (Wildman–Crippen MR) is 83.8 cm³/mol. The molecule has 7 nitrogen and oxygen atoms in total. The minimum atomic E-state index is -0.465. The Morgan fingerprint density at radius 1 is 1.48 bits per heavy atom. The van der Waals surface area contributed by atoms with E-state index in [1.807, 2.05) is 13.8 Å². The molecule has 1 aliphatic rings. The number of carbonyl (C=O) groups excluding carboxylic acids is 3. The lowest BCUT2D eigenvalue weighted by Crippen LogP contribution is -2.33. The molecule has 23 heavy (non-hydrogen) atoms. The fraction of sp³-hybridized carbons (Fsp3) is 0.500. The molecule has 124 valence electrons. The predicted octanol–water partition coefficient (Wildman–Crippen LogP) is 1.45. The first-order chi connectivity index (χ1) is 10.9. The molecule has 2 rings (SSSR count). The van der Waals surface area contributed by atoms with E-state index in [9.17, 15) is 14.4 Å². The van der Waals surface area contributed by atoms with Gasteiger partial charge in [0.15, 0.2) is 0 Å². The standard InChI is InChI=1S/C16H21N3O4/c1-4-23-16(22)11-5-6-17-13(7-11)18-15(21)12-8-14(20)19(9-12)10(2)3/h5-7,10,12H,4,8-9H2,1-3H3,(H,17,18,21). The van der Waals surface area contributed by atoms with Crippen LogP contribution < -0.4 is 5.32 Å². The first-order valence-corrected chi connectivity index (χ1v) is 7.65. The van der Waals surface area contributed by atoms with Gasteiger partial charge in [-0.05, 0) is 32.9 Å². The molecule has 1 fully saturated rings. The van der Waals surface area contributed by atoms with Gasteiger partial charge in [0, 0.05) is 25.2 Å². The van der Waals surface area contributed by atoms with Gasteiger partial charge >= 0.3 is 5.97 Å². The summed E-state index contributed by atoms with van der Waals surface area (Å²) in [5.41, 5.74) is 0.323. The van der Waals surface area contributed by atoms with Crippen molar-refractivity contribution < 1.29 is 19.1 Å². The summed E-state index contributed by atoms with van der Waals surface area (Å²) < 4.78 is 4.91. The highest BCUT2D eigenvalue weighted by molar-refractivity contribution is 5.97. The lowest BCUT2D eigenvalue weighted by molar-refractivity contribution is -0.129. The molecule has 1 saturated heterocycles. The molecule has 0 saturated carbocycles. The van der Waals surface area contributed by atoms with E-state index in [0.29, 0.717) is 12.1 Å². The molecule has 2 amide bonds. The Bertz CT molecular complexity index is 615. The molecular weight excluding hydrogens is 298 g/mol. The van der Waals surface area contributed by atoms with Crippen LogP contribution in [0.3, 0.4) is 0 Å². The van der Waals surface area contributed by atoms with Crippen LogP contribution in [0.15, 0.2) is 18.3 Å². The monoisotopic (exact) mass is 319 g/mol. The minimum Gasteiger partial charge on any atom is -0.462 e. The van der Waals surface area contributed by atoms with Gasteiger partial charge in [-0.25, -0.2) is 9.78 Å². The Kier molecular flexibility index (Phi) is 5.31. The molecule has 1 aliphatic heterocycles. The Morgan fingerprint density at radius 2 is 2.22 bits per heavy atom. The van der Waals surface area contributed by atoms with E-state index >= 15 is 0 Å². The van der Waals surface area contributed by atoms with E-state index in [0.717, 1.165) is 0 Å². The molecule has 1 aromatic heterocycles. The van der Waals surface area contributed by atoms with E-state index in [1.54, 1.807) is 11.8 Å². The number of aromatic nitrogens is 1. The summed E-state index contributed by atoms with van der Waals surface area (Å²) in [6.45, 7) is 6.24. The number of pyridine rings is 1. The van der Waals surface area contributed by atoms with Gasteiger partial charge in [-0.1, -0.05) is 0 Å². The number of nitrogens with zero attached hydrogens (tertiary/aromatic N) is 2. The van der Waals surface area contributed by atoms with Crippen LogP contribution in [0, 0.1) is 5.92 Å². The molecule has 7 heteroatoms. The average molecular weight is 319 g/mol. The number of anilines is 1. The summed E-state index contributed by atoms with van der Waals surface area (Å²) in [6.07, 6.45) is 1.63. The van der Waals surface area contributed by atoms with Crippen molar-refractivity contribution in [3.05, 3.63) is 23.9 Å². The molecule has 1 unspecified atom stereocenters. The van der Waals surface area contributed by atoms with Crippen molar-refractivity contribution in [2.75, 3.05) is 18.5 Å². The average Bonchev–Trinajstić information content (AvgIpc) is 2.90. The van der Waals surface area contributed by atoms with Crippen LogP contribution >= 0.6 is 0 Å². The number of likely N-dealkylation sites (tertiary alicyclic amines) is 1. The zero-order valence-corrected chi connectivity index (χ0v) is 13.5. The molecule has 2 heterocycles. The van der Waals surface area contributed by atoms with Crippen molar-refractivity contribution in [1.82, 2.24) is 9.88 Å². The first kappa shape index (κ1) is 16.9. The molecule has 1 aromatic rings. The van der Waals surface area contributed by atoms with Crippen molar-refractivity contribution in [2.45, 2.75) is 33.2 Å². The van der Waals surface area contributed by atoms with Gasteiger partial charge in [0.1, 0.15) is 5.82 Å². The van der Waals surface area contributed by atoms with Crippen LogP contribution in [0.25, 0.3) is 0 Å². The normalized spacial score (nSPS) is 17.5. The van der Waals surface area contributed by atoms with Crippen molar-refractivity contribution in [1.29, 1.82) is 0 Å². The van der Waals surface area contributed by atoms with Crippen molar-refractivity contribution in [3.8, 4) is 0 Å². The quantitative estimate of drug-likeness (QED) is 0.830. The second-order valence-electron chi connectivity index (χ2n) is 5.68. The number of amides is 2. The zero-order chi connectivity index (χ0) is 17.0. The number of carbonyl (C=O) groups is 3. The Balaban J connectivity index is 2.02. The fourth-order valence-electron chi connectivity index (χ4n) is 2.47. The second kappa shape index (κ2) is 7.21. The minimum absolute atomic E-state index is 0.0200. The Morgan fingerprint density at radius 3 is 2.83 bits per heavy atom. The van der Waals surface area contributed by atoms with Gasteiger partial charge in [-0.15, -0.1) is 0 Å². The smallest absolute Gasteiger partial charge is 0.338 e. The fourth-order valence-corrected chi connectivity index (χ4v) is 2.47. The molecular formula is C16H21N3O4. The van der Waals surface area contributed by atoms with E-state index in [-0.39, 0.29) is 36.7 Å². The highest BCUT2D eigenvalue weighted by atomic mass is 16.5. The lowest BCUT2D eigenvalue weighted by Gasteiger charge is -2.20. The van der Waals surface area contributed by atoms with Crippen molar-refractivity contribution >= 4 is 23.6 Å². The molecule has 0 bridgehead atoms. The number of hydrogen-bond acceptors (Lipinski definition) is 5. The summed E-state index contributed by atoms with van der Waals surface area (Å²) in [6, 6.07) is 3.06. The third-order valence-electron chi connectivity index (χ3n) is 3.67. The third-order valence-corrected chi connectivity index (χ3v) is 3.67. The van der Waals surface area contributed by atoms with E-state index < -0.39 is 11.9 Å². The highest BCUT2D eigenvalue weighted by Gasteiger charge is 2.35. The lowest BCUT2D eigenvalue weighted by atomic mass is 10.1. The van der Waals surface area contributed by atoms with Crippen LogP contribution in [0.1, 0.15) is 37.6 Å². The maximum absolute atomic E-state index is 12.3. The second-order valence-corrected chi connectivity index (χ2v) is 5.68. The zero-order valence-electron chi connectivity index (χ0n) is 13.5. The van der Waals surface area contributed by atoms with Crippen molar-refractivity contribution in [2.24, 2.45) is 5.92 Å². The number of esters is 1. The van der Waals surface area contributed by atoms with E-state index in [1.165, 1.54) is 18.3 Å². The molecule has 0 spiro atoms. The topological polar surface area (TPSA) is 88.6 Å². The summed E-state index contributed by atoms with van der Waals surface area (Å²) in [5.74, 6) is -0.884. The van der Waals surface area contributed by atoms with Crippen molar-refractivity contribution in [3.63, 3.8) is 0 Å². The van der Waals surface area contributed by atoms with Gasteiger partial charge in [0.25, 0.3) is 0 Å². The summed E-state index contributed by atoms with van der Waals surface area (Å²) in [4.78, 5) is 41.6. The third kappa shape index (κ3) is 4.06. The molecule has 1 atom stereocenters. The van der Waals surface area contributed by atoms with Gasteiger partial charge in [0.2, 0.25) is 11.8 Å². The Labute approximate surface area is 135 Å². The van der Waals surface area contributed by atoms with Gasteiger partial charge in [-0.2, -0.15) is 0 Å². The van der Waals surface area contributed by atoms with Gasteiger partial charge < -0.3 is 15.0 Å². The number of hydrogen-bond donors (Lipinski definition) is 1. The van der Waals surface area contributed by atoms with Gasteiger partial charge in [-0.3, -0.25) is 9.59 Å². The molecule has 1 N–H and O–H groups in total. The first-order valence-electron chi connectivity index (χ1n) is 7.65. The largest absolute Gasteiger partial charge is 0.462 e. The summed E-state index contributed by atoms with van der Waals surface area (Å²) >= 11 is 0. The molecule has 0 radical (unpaired) electrons. The van der Waals surface area contributed by atoms with Crippen LogP contribution in [0.5, 0.6) is 0 Å². The Hall–Kier alpha value is -2.44. The highest BCUT2D eigenvalue weighted by Crippen LogP contribution is 2.21. The molecule has 0 aromatic carbocycles. The maximum Gasteiger partial charge on any atom is 0.338 e. The van der Waals surface area contributed by atoms with E-state index in [4.69, 9.17) is 4.74 Å². The van der Waals surface area contributed by atoms with Crippen LogP contribution in [0.2, 0.25) is 0 Å².